The Bertz CT molecular complexity index is 1050. The number of hydrogen-bond acceptors (Lipinski definition) is 4. The summed E-state index contributed by atoms with van der Waals surface area (Å²) in [6.45, 7) is 0.526. The number of hydrogen-bond donors (Lipinski definition) is 2. The standard InChI is InChI=1S/C21H19ClN4O3/c1-29-20(27)13-5-7-16(8-6-13)25-21(28)26-10-9-17-18(24-12-23-17)19(26)14-3-2-4-15(22)11-14/h2-8,11-12,19H,9-10H2,1H3,(H,23,24)(H,25,28)/t19-/m1/s1. The molecular weight excluding hydrogens is 392 g/mol. The number of nitrogens with one attached hydrogen (secondary N) is 2. The van der Waals surface area contributed by atoms with Gasteiger partial charge in [0, 0.05) is 29.4 Å². The molecule has 2 aromatic carbocycles. The van der Waals surface area contributed by atoms with Crippen molar-refractivity contribution >= 4 is 29.3 Å². The van der Waals surface area contributed by atoms with E-state index in [0.29, 0.717) is 29.2 Å². The first-order valence-corrected chi connectivity index (χ1v) is 9.48. The quantitative estimate of drug-likeness (QED) is 0.638. The number of amides is 2. The van der Waals surface area contributed by atoms with E-state index in [1.807, 2.05) is 18.2 Å². The summed E-state index contributed by atoms with van der Waals surface area (Å²) in [5.74, 6) is -0.425. The number of carbonyl (C=O) groups excluding carboxylic acids is 2. The van der Waals surface area contributed by atoms with E-state index in [1.54, 1.807) is 41.6 Å². The Kier molecular flexibility index (Phi) is 5.22. The number of methoxy groups -OCH3 is 1. The number of anilines is 1. The lowest BCUT2D eigenvalue weighted by Gasteiger charge is -2.35. The zero-order valence-electron chi connectivity index (χ0n) is 15.7. The van der Waals surface area contributed by atoms with E-state index >= 15 is 0 Å². The molecule has 2 heterocycles. The summed E-state index contributed by atoms with van der Waals surface area (Å²) in [6, 6.07) is 13.4. The van der Waals surface area contributed by atoms with Crippen molar-refractivity contribution in [3.63, 3.8) is 0 Å². The first-order valence-electron chi connectivity index (χ1n) is 9.10. The van der Waals surface area contributed by atoms with Crippen LogP contribution in [-0.4, -0.2) is 40.5 Å². The SMILES string of the molecule is COC(=O)c1ccc(NC(=O)N2CCc3[nH]cnc3[C@H]2c2cccc(Cl)c2)cc1. The van der Waals surface area contributed by atoms with E-state index in [4.69, 9.17) is 16.3 Å². The molecule has 1 aliphatic rings. The van der Waals surface area contributed by atoms with E-state index in [1.165, 1.54) is 7.11 Å². The largest absolute Gasteiger partial charge is 0.465 e. The first-order chi connectivity index (χ1) is 14.1. The number of H-pyrrole nitrogens is 1. The van der Waals surface area contributed by atoms with Crippen LogP contribution in [0.4, 0.5) is 10.5 Å². The van der Waals surface area contributed by atoms with Gasteiger partial charge < -0.3 is 19.9 Å². The molecule has 0 radical (unpaired) electrons. The molecule has 0 saturated heterocycles. The lowest BCUT2D eigenvalue weighted by atomic mass is 9.96. The Hall–Kier alpha value is -3.32. The second-order valence-electron chi connectivity index (χ2n) is 6.67. The maximum atomic E-state index is 13.1. The van der Waals surface area contributed by atoms with Crippen LogP contribution < -0.4 is 5.32 Å². The molecule has 3 aromatic rings. The fourth-order valence-electron chi connectivity index (χ4n) is 3.51. The Morgan fingerprint density at radius 3 is 2.76 bits per heavy atom. The van der Waals surface area contributed by atoms with Crippen molar-refractivity contribution in [1.82, 2.24) is 14.9 Å². The fourth-order valence-corrected chi connectivity index (χ4v) is 3.71. The molecule has 29 heavy (non-hydrogen) atoms. The fraction of sp³-hybridized carbons (Fsp3) is 0.190. The highest BCUT2D eigenvalue weighted by atomic mass is 35.5. The molecule has 0 bridgehead atoms. The van der Waals surface area contributed by atoms with Gasteiger partial charge in [-0.05, 0) is 42.0 Å². The maximum absolute atomic E-state index is 13.1. The van der Waals surface area contributed by atoms with Gasteiger partial charge in [-0.15, -0.1) is 0 Å². The number of urea groups is 1. The average molecular weight is 411 g/mol. The summed E-state index contributed by atoms with van der Waals surface area (Å²) in [4.78, 5) is 34.0. The van der Waals surface area contributed by atoms with Crippen LogP contribution in [0.2, 0.25) is 5.02 Å². The molecule has 8 heteroatoms. The maximum Gasteiger partial charge on any atom is 0.337 e. The summed E-state index contributed by atoms with van der Waals surface area (Å²) in [7, 11) is 1.33. The molecule has 1 atom stereocenters. The minimum Gasteiger partial charge on any atom is -0.465 e. The van der Waals surface area contributed by atoms with Crippen molar-refractivity contribution in [2.75, 3.05) is 19.0 Å². The van der Waals surface area contributed by atoms with E-state index in [-0.39, 0.29) is 12.1 Å². The Morgan fingerprint density at radius 1 is 1.24 bits per heavy atom. The number of halogens is 1. The molecule has 4 rings (SSSR count). The zero-order valence-corrected chi connectivity index (χ0v) is 16.4. The number of aromatic nitrogens is 2. The van der Waals surface area contributed by atoms with Gasteiger partial charge in [-0.1, -0.05) is 23.7 Å². The van der Waals surface area contributed by atoms with Crippen molar-refractivity contribution in [2.24, 2.45) is 0 Å². The van der Waals surface area contributed by atoms with Gasteiger partial charge in [0.05, 0.1) is 24.7 Å². The molecule has 0 spiro atoms. The summed E-state index contributed by atoms with van der Waals surface area (Å²) in [5.41, 5.74) is 3.72. The van der Waals surface area contributed by atoms with Gasteiger partial charge in [0.2, 0.25) is 0 Å². The van der Waals surface area contributed by atoms with Crippen molar-refractivity contribution in [3.05, 3.63) is 82.4 Å². The van der Waals surface area contributed by atoms with Crippen LogP contribution in [0.1, 0.15) is 33.4 Å². The van der Waals surface area contributed by atoms with Crippen LogP contribution in [0.25, 0.3) is 0 Å². The molecule has 2 N–H and O–H groups in total. The van der Waals surface area contributed by atoms with Gasteiger partial charge in [-0.3, -0.25) is 0 Å². The van der Waals surface area contributed by atoms with Gasteiger partial charge >= 0.3 is 12.0 Å². The van der Waals surface area contributed by atoms with Gasteiger partial charge in [0.25, 0.3) is 0 Å². The second-order valence-corrected chi connectivity index (χ2v) is 7.10. The van der Waals surface area contributed by atoms with Crippen molar-refractivity contribution in [2.45, 2.75) is 12.5 Å². The van der Waals surface area contributed by atoms with Crippen LogP contribution in [0, 0.1) is 0 Å². The molecule has 7 nitrogen and oxygen atoms in total. The van der Waals surface area contributed by atoms with Crippen LogP contribution in [0.5, 0.6) is 0 Å². The predicted octanol–water partition coefficient (Wildman–Crippen LogP) is 4.03. The highest BCUT2D eigenvalue weighted by Crippen LogP contribution is 2.34. The number of benzene rings is 2. The number of ether oxygens (including phenoxy) is 1. The van der Waals surface area contributed by atoms with Gasteiger partial charge in [-0.2, -0.15) is 0 Å². The van der Waals surface area contributed by atoms with Gasteiger partial charge in [-0.25, -0.2) is 14.6 Å². The highest BCUT2D eigenvalue weighted by Gasteiger charge is 2.34. The van der Waals surface area contributed by atoms with Gasteiger partial charge in [0.15, 0.2) is 0 Å². The second kappa shape index (κ2) is 7.97. The van der Waals surface area contributed by atoms with E-state index < -0.39 is 5.97 Å². The van der Waals surface area contributed by atoms with Crippen LogP contribution >= 0.6 is 11.6 Å². The number of aromatic amines is 1. The number of imidazole rings is 1. The Morgan fingerprint density at radius 2 is 2.03 bits per heavy atom. The number of esters is 1. The first kappa shape index (κ1) is 19.0. The van der Waals surface area contributed by atoms with Gasteiger partial charge in [0.1, 0.15) is 6.04 Å². The molecule has 2 amide bonds. The third-order valence-electron chi connectivity index (χ3n) is 4.91. The lowest BCUT2D eigenvalue weighted by molar-refractivity contribution is 0.0600. The molecule has 0 saturated carbocycles. The minimum absolute atomic E-state index is 0.255. The third kappa shape index (κ3) is 3.82. The highest BCUT2D eigenvalue weighted by molar-refractivity contribution is 6.30. The topological polar surface area (TPSA) is 87.3 Å². The average Bonchev–Trinajstić information content (AvgIpc) is 3.21. The van der Waals surface area contributed by atoms with Crippen LogP contribution in [0.3, 0.4) is 0 Å². The summed E-state index contributed by atoms with van der Waals surface area (Å²) in [5, 5.41) is 3.50. The molecule has 0 unspecified atom stereocenters. The molecule has 1 aliphatic heterocycles. The molecular formula is C21H19ClN4O3. The minimum atomic E-state index is -0.425. The number of nitrogens with zero attached hydrogens (tertiary/aromatic N) is 2. The summed E-state index contributed by atoms with van der Waals surface area (Å²) >= 11 is 6.19. The summed E-state index contributed by atoms with van der Waals surface area (Å²) < 4.78 is 4.70. The number of carbonyl (C=O) groups is 2. The number of fused-ring (bicyclic) bond motifs is 1. The molecule has 148 valence electrons. The monoisotopic (exact) mass is 410 g/mol. The Labute approximate surface area is 172 Å². The zero-order chi connectivity index (χ0) is 20.4. The lowest BCUT2D eigenvalue weighted by Crippen LogP contribution is -2.43. The van der Waals surface area contributed by atoms with E-state index in [0.717, 1.165) is 17.0 Å². The summed E-state index contributed by atoms with van der Waals surface area (Å²) in [6.07, 6.45) is 2.33. The van der Waals surface area contributed by atoms with Crippen LogP contribution in [0.15, 0.2) is 54.9 Å². The predicted molar refractivity (Wildman–Crippen MR) is 109 cm³/mol. The molecule has 1 aromatic heterocycles. The number of rotatable bonds is 3. The Balaban J connectivity index is 1.60. The van der Waals surface area contributed by atoms with Crippen molar-refractivity contribution < 1.29 is 14.3 Å². The third-order valence-corrected chi connectivity index (χ3v) is 5.14. The molecule has 0 fully saturated rings. The van der Waals surface area contributed by atoms with E-state index in [9.17, 15) is 9.59 Å². The molecule has 0 aliphatic carbocycles. The van der Waals surface area contributed by atoms with Crippen LogP contribution in [-0.2, 0) is 11.2 Å². The van der Waals surface area contributed by atoms with E-state index in [2.05, 4.69) is 15.3 Å². The normalized spacial score (nSPS) is 15.5. The van der Waals surface area contributed by atoms with Crippen molar-refractivity contribution in [3.8, 4) is 0 Å². The van der Waals surface area contributed by atoms with Crippen molar-refractivity contribution in [1.29, 1.82) is 0 Å². The smallest absolute Gasteiger partial charge is 0.337 e.